The summed E-state index contributed by atoms with van der Waals surface area (Å²) in [6, 6.07) is 3.13. The molecule has 0 fully saturated rings. The first kappa shape index (κ1) is 17.3. The van der Waals surface area contributed by atoms with Crippen LogP contribution in [0.25, 0.3) is 0 Å². The molecule has 4 N–H and O–H groups in total. The second-order valence-corrected chi connectivity index (χ2v) is 5.48. The molecule has 3 aromatic rings. The number of halogens is 2. The fourth-order valence-corrected chi connectivity index (χ4v) is 2.27. The molecule has 2 aromatic heterocycles. The number of primary amides is 1. The molecule has 2 heterocycles. The lowest BCUT2D eigenvalue weighted by molar-refractivity contribution is 0.100. The quantitative estimate of drug-likeness (QED) is 0.620. The summed E-state index contributed by atoms with van der Waals surface area (Å²) in [7, 11) is 1.76. The molecule has 1 amide bonds. The molecule has 0 unspecified atom stereocenters. The van der Waals surface area contributed by atoms with E-state index in [2.05, 4.69) is 25.7 Å². The van der Waals surface area contributed by atoms with Crippen molar-refractivity contribution in [1.29, 1.82) is 0 Å². The number of amides is 1. The molecule has 8 nitrogen and oxygen atoms in total. The molecule has 0 aliphatic carbocycles. The Balaban J connectivity index is 1.83. The van der Waals surface area contributed by atoms with Gasteiger partial charge < -0.3 is 16.4 Å². The number of nitrogens with zero attached hydrogens (tertiary/aromatic N) is 4. The zero-order chi connectivity index (χ0) is 18.7. The van der Waals surface area contributed by atoms with Crippen molar-refractivity contribution in [3.63, 3.8) is 0 Å². The predicted molar refractivity (Wildman–Crippen MR) is 90.7 cm³/mol. The number of aryl methyl sites for hydroxylation is 1. The van der Waals surface area contributed by atoms with Crippen LogP contribution in [0.3, 0.4) is 0 Å². The minimum Gasteiger partial charge on any atom is -0.365 e. The lowest BCUT2D eigenvalue weighted by Crippen LogP contribution is -2.17. The number of carbonyl (C=O) groups excluding carboxylic acids is 1. The molecule has 1 aromatic carbocycles. The van der Waals surface area contributed by atoms with Crippen molar-refractivity contribution in [2.45, 2.75) is 6.54 Å². The van der Waals surface area contributed by atoms with E-state index in [0.29, 0.717) is 11.3 Å². The predicted octanol–water partition coefficient (Wildman–Crippen LogP) is 1.94. The van der Waals surface area contributed by atoms with Gasteiger partial charge in [-0.1, -0.05) is 0 Å². The molecule has 0 aliphatic rings. The Morgan fingerprint density at radius 2 is 1.96 bits per heavy atom. The molecule has 134 valence electrons. The number of hydrogen-bond acceptors (Lipinski definition) is 6. The maximum Gasteiger partial charge on any atom is 0.254 e. The summed E-state index contributed by atoms with van der Waals surface area (Å²) in [4.78, 5) is 19.8. The Labute approximate surface area is 147 Å². The Bertz CT molecular complexity index is 937. The minimum atomic E-state index is -0.731. The molecule has 0 bridgehead atoms. The van der Waals surface area contributed by atoms with Gasteiger partial charge >= 0.3 is 0 Å². The Morgan fingerprint density at radius 3 is 2.58 bits per heavy atom. The van der Waals surface area contributed by atoms with Crippen LogP contribution in [-0.4, -0.2) is 25.7 Å². The molecule has 0 aliphatic heterocycles. The number of nitrogens with two attached hydrogens (primary N) is 1. The van der Waals surface area contributed by atoms with Gasteiger partial charge in [0.2, 0.25) is 5.95 Å². The molecule has 0 atom stereocenters. The van der Waals surface area contributed by atoms with E-state index >= 15 is 0 Å². The highest BCUT2D eigenvalue weighted by Gasteiger charge is 2.13. The maximum atomic E-state index is 13.3. The summed E-state index contributed by atoms with van der Waals surface area (Å²) >= 11 is 0. The first-order chi connectivity index (χ1) is 12.4. The van der Waals surface area contributed by atoms with E-state index in [-0.39, 0.29) is 23.9 Å². The minimum absolute atomic E-state index is 0.0400. The van der Waals surface area contributed by atoms with E-state index in [9.17, 15) is 13.6 Å². The van der Waals surface area contributed by atoms with Gasteiger partial charge in [-0.25, -0.2) is 13.8 Å². The average Bonchev–Trinajstić information content (AvgIpc) is 2.97. The van der Waals surface area contributed by atoms with Gasteiger partial charge in [0.1, 0.15) is 17.5 Å². The fourth-order valence-electron chi connectivity index (χ4n) is 2.27. The highest BCUT2D eigenvalue weighted by molar-refractivity contribution is 5.97. The van der Waals surface area contributed by atoms with Crippen molar-refractivity contribution < 1.29 is 13.6 Å². The number of benzene rings is 1. The van der Waals surface area contributed by atoms with Gasteiger partial charge in [-0.3, -0.25) is 9.48 Å². The average molecular weight is 359 g/mol. The molecule has 3 rings (SSSR count). The summed E-state index contributed by atoms with van der Waals surface area (Å²) in [5.74, 6) is -1.78. The monoisotopic (exact) mass is 359 g/mol. The molecule has 10 heteroatoms. The second-order valence-electron chi connectivity index (χ2n) is 5.48. The molecular formula is C16H15F2N7O. The van der Waals surface area contributed by atoms with Crippen LogP contribution in [0.5, 0.6) is 0 Å². The lowest BCUT2D eigenvalue weighted by Gasteiger charge is -2.11. The van der Waals surface area contributed by atoms with Gasteiger partial charge in [0, 0.05) is 32.1 Å². The van der Waals surface area contributed by atoms with Gasteiger partial charge in [0.15, 0.2) is 0 Å². The third-order valence-electron chi connectivity index (χ3n) is 3.40. The van der Waals surface area contributed by atoms with E-state index in [0.717, 1.165) is 6.07 Å². The first-order valence-corrected chi connectivity index (χ1v) is 7.52. The number of nitrogens with one attached hydrogen (secondary N) is 2. The van der Waals surface area contributed by atoms with E-state index in [1.807, 2.05) is 0 Å². The topological polar surface area (TPSA) is 111 Å². The normalized spacial score (nSPS) is 10.6. The van der Waals surface area contributed by atoms with Gasteiger partial charge in [0.05, 0.1) is 17.4 Å². The molecule has 0 saturated carbocycles. The summed E-state index contributed by atoms with van der Waals surface area (Å²) in [6.07, 6.45) is 4.56. The third kappa shape index (κ3) is 4.09. The number of aromatic nitrogens is 4. The summed E-state index contributed by atoms with van der Waals surface area (Å²) in [5, 5.41) is 9.79. The van der Waals surface area contributed by atoms with Crippen molar-refractivity contribution in [3.8, 4) is 0 Å². The smallest absolute Gasteiger partial charge is 0.254 e. The van der Waals surface area contributed by atoms with Crippen LogP contribution in [-0.2, 0) is 13.6 Å². The Kier molecular flexibility index (Phi) is 4.74. The van der Waals surface area contributed by atoms with Crippen molar-refractivity contribution >= 4 is 23.4 Å². The number of carbonyl (C=O) groups is 1. The van der Waals surface area contributed by atoms with Crippen LogP contribution in [0.15, 0.2) is 36.8 Å². The van der Waals surface area contributed by atoms with E-state index in [1.165, 1.54) is 18.3 Å². The van der Waals surface area contributed by atoms with Crippen molar-refractivity contribution in [3.05, 3.63) is 59.6 Å². The van der Waals surface area contributed by atoms with Crippen molar-refractivity contribution in [1.82, 2.24) is 19.7 Å². The van der Waals surface area contributed by atoms with Crippen molar-refractivity contribution in [2.75, 3.05) is 10.6 Å². The van der Waals surface area contributed by atoms with E-state index in [4.69, 9.17) is 5.73 Å². The summed E-state index contributed by atoms with van der Waals surface area (Å²) in [6.45, 7) is 0.0400. The lowest BCUT2D eigenvalue weighted by atomic mass is 10.2. The largest absolute Gasteiger partial charge is 0.365 e. The molecular weight excluding hydrogens is 344 g/mol. The molecule has 26 heavy (non-hydrogen) atoms. The van der Waals surface area contributed by atoms with Crippen LogP contribution >= 0.6 is 0 Å². The number of anilines is 3. The first-order valence-electron chi connectivity index (χ1n) is 7.52. The zero-order valence-electron chi connectivity index (χ0n) is 13.7. The summed E-state index contributed by atoms with van der Waals surface area (Å²) < 4.78 is 28.2. The standard InChI is InChI=1S/C16H15F2N7O/c1-25-8-12(6-22-25)23-16-21-7-13(14(19)26)15(24-16)20-5-9-2-10(17)4-11(18)3-9/h2-4,6-8H,5H2,1H3,(H2,19,26)(H2,20,21,23,24). The number of rotatable bonds is 6. The Morgan fingerprint density at radius 1 is 1.23 bits per heavy atom. The Hall–Kier alpha value is -3.56. The van der Waals surface area contributed by atoms with Crippen LogP contribution < -0.4 is 16.4 Å². The molecule has 0 saturated heterocycles. The van der Waals surface area contributed by atoms with Gasteiger partial charge in [-0.05, 0) is 17.7 Å². The molecule has 0 spiro atoms. The van der Waals surface area contributed by atoms with Gasteiger partial charge in [-0.2, -0.15) is 10.1 Å². The van der Waals surface area contributed by atoms with Gasteiger partial charge in [-0.15, -0.1) is 0 Å². The maximum absolute atomic E-state index is 13.3. The van der Waals surface area contributed by atoms with Crippen molar-refractivity contribution in [2.24, 2.45) is 12.8 Å². The second kappa shape index (κ2) is 7.13. The van der Waals surface area contributed by atoms with Crippen LogP contribution in [0.1, 0.15) is 15.9 Å². The zero-order valence-corrected chi connectivity index (χ0v) is 13.7. The van der Waals surface area contributed by atoms with Crippen LogP contribution in [0, 0.1) is 11.6 Å². The highest BCUT2D eigenvalue weighted by Crippen LogP contribution is 2.18. The fraction of sp³-hybridized carbons (Fsp3) is 0.125. The van der Waals surface area contributed by atoms with Gasteiger partial charge in [0.25, 0.3) is 5.91 Å². The van der Waals surface area contributed by atoms with E-state index in [1.54, 1.807) is 24.1 Å². The number of hydrogen-bond donors (Lipinski definition) is 3. The van der Waals surface area contributed by atoms with Crippen LogP contribution in [0.4, 0.5) is 26.2 Å². The third-order valence-corrected chi connectivity index (χ3v) is 3.40. The summed E-state index contributed by atoms with van der Waals surface area (Å²) in [5.41, 5.74) is 6.38. The SMILES string of the molecule is Cn1cc(Nc2ncc(C(N)=O)c(NCc3cc(F)cc(F)c3)n2)cn1. The highest BCUT2D eigenvalue weighted by atomic mass is 19.1. The van der Waals surface area contributed by atoms with E-state index < -0.39 is 17.5 Å². The molecule has 0 radical (unpaired) electrons. The van der Waals surface area contributed by atoms with Crippen LogP contribution in [0.2, 0.25) is 0 Å².